The van der Waals surface area contributed by atoms with Crippen LogP contribution in [0.4, 0.5) is 0 Å². The zero-order valence-corrected chi connectivity index (χ0v) is 19.9. The fourth-order valence-corrected chi connectivity index (χ4v) is 5.18. The summed E-state index contributed by atoms with van der Waals surface area (Å²) in [7, 11) is 0. The van der Waals surface area contributed by atoms with Crippen LogP contribution in [0.25, 0.3) is 0 Å². The van der Waals surface area contributed by atoms with E-state index in [1.54, 1.807) is 0 Å². The lowest BCUT2D eigenvalue weighted by atomic mass is 9.74. The number of ether oxygens (including phenoxy) is 2. The fourth-order valence-electron chi connectivity index (χ4n) is 5.18. The lowest BCUT2D eigenvalue weighted by Gasteiger charge is -2.35. The highest BCUT2D eigenvalue weighted by molar-refractivity contribution is 5.66. The second kappa shape index (κ2) is 11.8. The van der Waals surface area contributed by atoms with E-state index in [-0.39, 0.29) is 23.9 Å². The number of nitriles is 1. The van der Waals surface area contributed by atoms with Gasteiger partial charge in [-0.3, -0.25) is 4.79 Å². The highest BCUT2D eigenvalue weighted by Gasteiger charge is 2.57. The summed E-state index contributed by atoms with van der Waals surface area (Å²) in [6.07, 6.45) is 7.82. The van der Waals surface area contributed by atoms with Gasteiger partial charge in [0, 0.05) is 17.9 Å². The highest BCUT2D eigenvalue weighted by atomic mass is 16.5. The number of hydrogen-bond acceptors (Lipinski definition) is 4. The van der Waals surface area contributed by atoms with Gasteiger partial charge in [0.2, 0.25) is 0 Å². The monoisotopic (exact) mass is 469 g/mol. The van der Waals surface area contributed by atoms with Crippen LogP contribution in [0.5, 0.6) is 0 Å². The molecule has 2 aromatic rings. The molecule has 1 saturated carbocycles. The van der Waals surface area contributed by atoms with Crippen molar-refractivity contribution in [3.8, 4) is 17.9 Å². The lowest BCUT2D eigenvalue weighted by molar-refractivity contribution is -0.137. The number of benzene rings is 2. The van der Waals surface area contributed by atoms with Crippen LogP contribution in [0.15, 0.2) is 66.7 Å². The number of carboxylic acid groups (broad SMARTS) is 1. The minimum atomic E-state index is -0.752. The van der Waals surface area contributed by atoms with Crippen LogP contribution in [-0.4, -0.2) is 30.4 Å². The van der Waals surface area contributed by atoms with Crippen LogP contribution >= 0.6 is 0 Å². The molecule has 0 amide bonds. The van der Waals surface area contributed by atoms with Crippen molar-refractivity contribution in [2.24, 2.45) is 17.3 Å². The van der Waals surface area contributed by atoms with Crippen LogP contribution in [0.2, 0.25) is 0 Å². The molecule has 1 unspecified atom stereocenters. The van der Waals surface area contributed by atoms with Crippen molar-refractivity contribution >= 4 is 5.97 Å². The first-order valence-electron chi connectivity index (χ1n) is 12.2. The second-order valence-electron chi connectivity index (χ2n) is 9.41. The molecule has 5 heteroatoms. The molecule has 180 valence electrons. The summed E-state index contributed by atoms with van der Waals surface area (Å²) in [5.74, 6) is 6.79. The highest BCUT2D eigenvalue weighted by Crippen LogP contribution is 2.55. The van der Waals surface area contributed by atoms with Crippen molar-refractivity contribution in [2.75, 3.05) is 13.2 Å². The molecule has 2 bridgehead atoms. The molecular weight excluding hydrogens is 438 g/mol. The van der Waals surface area contributed by atoms with Crippen molar-refractivity contribution in [1.82, 2.24) is 0 Å². The van der Waals surface area contributed by atoms with E-state index in [1.807, 2.05) is 54.6 Å². The summed E-state index contributed by atoms with van der Waals surface area (Å²) in [5, 5.41) is 17.8. The topological polar surface area (TPSA) is 79.5 Å². The van der Waals surface area contributed by atoms with Crippen LogP contribution in [0.1, 0.15) is 48.8 Å². The Balaban J connectivity index is 1.44. The predicted octanol–water partition coefficient (Wildman–Crippen LogP) is 5.35. The number of allylic oxidation sites excluding steroid dienone is 2. The number of hydrogen-bond donors (Lipinski definition) is 1. The van der Waals surface area contributed by atoms with E-state index in [0.29, 0.717) is 37.7 Å². The predicted molar refractivity (Wildman–Crippen MR) is 133 cm³/mol. The maximum Gasteiger partial charge on any atom is 0.303 e. The molecule has 1 N–H and O–H groups in total. The zero-order chi connectivity index (χ0) is 24.5. The molecule has 2 aliphatic rings. The fraction of sp³-hybridized carbons (Fsp3) is 0.400. The molecule has 1 aliphatic carbocycles. The first-order valence-corrected chi connectivity index (χ1v) is 12.2. The number of carbonyl (C=O) groups is 1. The molecular formula is C30H31NO4. The summed E-state index contributed by atoms with van der Waals surface area (Å²) in [6, 6.07) is 19.7. The Bertz CT molecular complexity index is 1120. The normalized spacial score (nSPS) is 24.7. The number of rotatable bonds is 10. The summed E-state index contributed by atoms with van der Waals surface area (Å²) < 4.78 is 12.3. The van der Waals surface area contributed by atoms with Gasteiger partial charge in [-0.05, 0) is 61.4 Å². The van der Waals surface area contributed by atoms with Crippen LogP contribution in [0, 0.1) is 40.4 Å². The molecule has 0 radical (unpaired) electrons. The van der Waals surface area contributed by atoms with Gasteiger partial charge >= 0.3 is 5.97 Å². The summed E-state index contributed by atoms with van der Waals surface area (Å²) >= 11 is 0. The molecule has 5 nitrogen and oxygen atoms in total. The van der Waals surface area contributed by atoms with Gasteiger partial charge in [0.05, 0.1) is 43.0 Å². The molecule has 4 rings (SSSR count). The van der Waals surface area contributed by atoms with Gasteiger partial charge in [-0.2, -0.15) is 5.26 Å². The number of unbranched alkanes of at least 4 members (excludes halogenated alkanes) is 1. The van der Waals surface area contributed by atoms with Crippen molar-refractivity contribution in [3.63, 3.8) is 0 Å². The van der Waals surface area contributed by atoms with Crippen molar-refractivity contribution in [1.29, 1.82) is 5.26 Å². The van der Waals surface area contributed by atoms with E-state index >= 15 is 0 Å². The maximum absolute atomic E-state index is 10.8. The van der Waals surface area contributed by atoms with Crippen LogP contribution < -0.4 is 0 Å². The summed E-state index contributed by atoms with van der Waals surface area (Å²) in [6.45, 7) is 1.73. The first-order chi connectivity index (χ1) is 17.1. The van der Waals surface area contributed by atoms with Crippen molar-refractivity contribution < 1.29 is 19.4 Å². The molecule has 0 spiro atoms. The molecule has 4 atom stereocenters. The SMILES string of the molecule is N#Cc1ccc(COC[C@@H]2[C@@H]3CC(C#Cc4ccccc4)(CO3)[C@H]2C/C=C\CCCC(=O)O)cc1. The van der Waals surface area contributed by atoms with Gasteiger partial charge in [-0.25, -0.2) is 0 Å². The maximum atomic E-state index is 10.8. The van der Waals surface area contributed by atoms with E-state index in [0.717, 1.165) is 30.4 Å². The van der Waals surface area contributed by atoms with E-state index in [4.69, 9.17) is 19.8 Å². The average Bonchev–Trinajstić information content (AvgIpc) is 3.43. The third-order valence-corrected chi connectivity index (χ3v) is 7.03. The molecule has 2 aromatic carbocycles. The minimum absolute atomic E-state index is 0.131. The Morgan fingerprint density at radius 1 is 1.14 bits per heavy atom. The van der Waals surface area contributed by atoms with Gasteiger partial charge in [0.25, 0.3) is 0 Å². The quantitative estimate of drug-likeness (QED) is 0.288. The third-order valence-electron chi connectivity index (χ3n) is 7.03. The number of carboxylic acids is 1. The summed E-state index contributed by atoms with van der Waals surface area (Å²) in [4.78, 5) is 10.8. The Labute approximate surface area is 207 Å². The molecule has 2 fully saturated rings. The standard InChI is InChI=1S/C30H31NO4/c31-19-24-12-14-25(15-13-24)20-34-21-26-27(10-6-1-2-7-11-29(32)33)30(18-28(26)35-22-30)17-16-23-8-4-3-5-9-23/h1,3-6,8-9,12-15,26-28H,2,7,10-11,18,20-22H2,(H,32,33)/b6-1-/t26-,27-,28-,30?/m0/s1. The van der Waals surface area contributed by atoms with Crippen molar-refractivity contribution in [2.45, 2.75) is 44.8 Å². The van der Waals surface area contributed by atoms with Gasteiger partial charge < -0.3 is 14.6 Å². The first kappa shape index (κ1) is 24.7. The Kier molecular flexibility index (Phi) is 8.37. The Morgan fingerprint density at radius 2 is 1.94 bits per heavy atom. The van der Waals surface area contributed by atoms with Gasteiger partial charge in [0.15, 0.2) is 0 Å². The summed E-state index contributed by atoms with van der Waals surface area (Å²) in [5.41, 5.74) is 2.49. The molecule has 1 saturated heterocycles. The van der Waals surface area contributed by atoms with E-state index in [9.17, 15) is 4.79 Å². The average molecular weight is 470 g/mol. The van der Waals surface area contributed by atoms with Gasteiger partial charge in [0.1, 0.15) is 0 Å². The molecule has 0 aromatic heterocycles. The molecule has 35 heavy (non-hydrogen) atoms. The van der Waals surface area contributed by atoms with Crippen LogP contribution in [-0.2, 0) is 20.9 Å². The number of fused-ring (bicyclic) bond motifs is 2. The number of nitrogens with zero attached hydrogens (tertiary/aromatic N) is 1. The van der Waals surface area contributed by atoms with Crippen molar-refractivity contribution in [3.05, 3.63) is 83.4 Å². The van der Waals surface area contributed by atoms with E-state index in [2.05, 4.69) is 30.1 Å². The zero-order valence-electron chi connectivity index (χ0n) is 19.9. The third kappa shape index (κ3) is 6.40. The molecule has 1 heterocycles. The lowest BCUT2D eigenvalue weighted by Crippen LogP contribution is -2.37. The molecule has 1 aliphatic heterocycles. The Morgan fingerprint density at radius 3 is 2.69 bits per heavy atom. The Hall–Kier alpha value is -3.38. The van der Waals surface area contributed by atoms with E-state index < -0.39 is 5.97 Å². The smallest absolute Gasteiger partial charge is 0.303 e. The number of aliphatic carboxylic acids is 1. The largest absolute Gasteiger partial charge is 0.481 e. The van der Waals surface area contributed by atoms with Gasteiger partial charge in [-0.1, -0.05) is 54.3 Å². The second-order valence-corrected chi connectivity index (χ2v) is 9.41. The minimum Gasteiger partial charge on any atom is -0.481 e. The van der Waals surface area contributed by atoms with E-state index in [1.165, 1.54) is 0 Å². The van der Waals surface area contributed by atoms with Crippen LogP contribution in [0.3, 0.4) is 0 Å². The van der Waals surface area contributed by atoms with Gasteiger partial charge in [-0.15, -0.1) is 0 Å².